The van der Waals surface area contributed by atoms with Crippen molar-refractivity contribution in [2.24, 2.45) is 5.92 Å². The van der Waals surface area contributed by atoms with Crippen molar-refractivity contribution in [1.29, 1.82) is 0 Å². The highest BCUT2D eigenvalue weighted by atomic mass is 16.5. The van der Waals surface area contributed by atoms with Crippen LogP contribution in [0, 0.1) is 5.92 Å². The van der Waals surface area contributed by atoms with Gasteiger partial charge in [0, 0.05) is 6.54 Å². The van der Waals surface area contributed by atoms with Crippen LogP contribution >= 0.6 is 0 Å². The van der Waals surface area contributed by atoms with E-state index in [-0.39, 0.29) is 19.4 Å². The zero-order valence-corrected chi connectivity index (χ0v) is 22.4. The van der Waals surface area contributed by atoms with Crippen molar-refractivity contribution in [2.45, 2.75) is 25.3 Å². The third-order valence-corrected chi connectivity index (χ3v) is 6.72. The van der Waals surface area contributed by atoms with E-state index in [1.165, 1.54) is 0 Å². The number of rotatable bonds is 12. The summed E-state index contributed by atoms with van der Waals surface area (Å²) in [5.41, 5.74) is 4.57. The summed E-state index contributed by atoms with van der Waals surface area (Å²) >= 11 is 0. The van der Waals surface area contributed by atoms with Gasteiger partial charge in [0.2, 0.25) is 11.8 Å². The van der Waals surface area contributed by atoms with Crippen LogP contribution in [0.4, 0.5) is 0 Å². The van der Waals surface area contributed by atoms with Crippen molar-refractivity contribution in [3.05, 3.63) is 126 Å². The Morgan fingerprint density at radius 1 is 0.725 bits per heavy atom. The van der Waals surface area contributed by atoms with Crippen molar-refractivity contribution in [2.75, 3.05) is 7.11 Å². The van der Waals surface area contributed by atoms with Crippen LogP contribution in [0.1, 0.15) is 16.7 Å². The van der Waals surface area contributed by atoms with E-state index < -0.39 is 30.8 Å². The van der Waals surface area contributed by atoms with Crippen molar-refractivity contribution in [3.8, 4) is 16.9 Å². The molecule has 4 N–H and O–H groups in total. The second-order valence-corrected chi connectivity index (χ2v) is 9.61. The third-order valence-electron chi connectivity index (χ3n) is 6.72. The molecule has 40 heavy (non-hydrogen) atoms. The predicted molar refractivity (Wildman–Crippen MR) is 156 cm³/mol. The summed E-state index contributed by atoms with van der Waals surface area (Å²) in [5.74, 6) is -2.44. The number of benzene rings is 4. The number of methoxy groups -OCH3 is 1. The lowest BCUT2D eigenvalue weighted by Crippen LogP contribution is -2.52. The topological polar surface area (TPSA) is 108 Å². The molecule has 0 spiro atoms. The lowest BCUT2D eigenvalue weighted by atomic mass is 9.75. The van der Waals surface area contributed by atoms with Crippen molar-refractivity contribution < 1.29 is 24.4 Å². The Bertz CT molecular complexity index is 1380. The molecule has 0 radical (unpaired) electrons. The molecule has 0 aliphatic heterocycles. The Labute approximate surface area is 235 Å². The first-order chi connectivity index (χ1) is 19.4. The molecule has 2 atom stereocenters. The van der Waals surface area contributed by atoms with Crippen LogP contribution in [-0.2, 0) is 29.0 Å². The zero-order chi connectivity index (χ0) is 28.3. The summed E-state index contributed by atoms with van der Waals surface area (Å²) in [5, 5.41) is 25.7. The maximum absolute atomic E-state index is 13.4. The van der Waals surface area contributed by atoms with Crippen LogP contribution in [0.25, 0.3) is 11.1 Å². The van der Waals surface area contributed by atoms with E-state index in [2.05, 4.69) is 10.6 Å². The standard InChI is InChI=1S/C32H33BN2O5/c1-40-28-14-8-11-25(19-28)22-34-31(36)29(20-23-9-4-2-5-10-23)32(37)35-30(33(38)39)21-24-15-17-27(18-16-24)26-12-6-3-7-13-26/h2-19,29-30,38-39H,20-22H2,1H3,(H,34,36)(H,35,37). The maximum Gasteiger partial charge on any atom is 0.475 e. The fourth-order valence-electron chi connectivity index (χ4n) is 4.48. The van der Waals surface area contributed by atoms with Gasteiger partial charge in [-0.25, -0.2) is 0 Å². The minimum atomic E-state index is -1.81. The fraction of sp³-hybridized carbons (Fsp3) is 0.188. The second kappa shape index (κ2) is 14.1. The van der Waals surface area contributed by atoms with Gasteiger partial charge in [0.15, 0.2) is 0 Å². The molecule has 4 rings (SSSR count). The summed E-state index contributed by atoms with van der Waals surface area (Å²) in [4.78, 5) is 26.7. The van der Waals surface area contributed by atoms with Gasteiger partial charge in [-0.15, -0.1) is 0 Å². The van der Waals surface area contributed by atoms with Gasteiger partial charge >= 0.3 is 7.12 Å². The lowest BCUT2D eigenvalue weighted by Gasteiger charge is -2.22. The summed E-state index contributed by atoms with van der Waals surface area (Å²) in [6, 6.07) is 34.2. The summed E-state index contributed by atoms with van der Waals surface area (Å²) < 4.78 is 5.25. The molecule has 2 amide bonds. The smallest absolute Gasteiger partial charge is 0.475 e. The summed E-state index contributed by atoms with van der Waals surface area (Å²) in [6.07, 6.45) is 0.346. The van der Waals surface area contributed by atoms with Gasteiger partial charge in [-0.05, 0) is 52.8 Å². The predicted octanol–water partition coefficient (Wildman–Crippen LogP) is 3.58. The van der Waals surface area contributed by atoms with E-state index >= 15 is 0 Å². The number of carbonyl (C=O) groups is 2. The Balaban J connectivity index is 1.46. The van der Waals surface area contributed by atoms with E-state index in [1.54, 1.807) is 7.11 Å². The number of hydrogen-bond acceptors (Lipinski definition) is 5. The zero-order valence-electron chi connectivity index (χ0n) is 22.4. The normalized spacial score (nSPS) is 12.2. The molecule has 0 heterocycles. The van der Waals surface area contributed by atoms with Crippen LogP contribution in [0.15, 0.2) is 109 Å². The highest BCUT2D eigenvalue weighted by molar-refractivity contribution is 6.43. The molecule has 204 valence electrons. The van der Waals surface area contributed by atoms with E-state index in [4.69, 9.17) is 4.74 Å². The Morgan fingerprint density at radius 3 is 1.98 bits per heavy atom. The Hall–Kier alpha value is -4.40. The number of nitrogens with one attached hydrogen (secondary N) is 2. The largest absolute Gasteiger partial charge is 0.497 e. The first-order valence-corrected chi connectivity index (χ1v) is 13.2. The van der Waals surface area contributed by atoms with Crippen molar-refractivity contribution in [1.82, 2.24) is 10.6 Å². The van der Waals surface area contributed by atoms with Crippen LogP contribution < -0.4 is 15.4 Å². The summed E-state index contributed by atoms with van der Waals surface area (Å²) in [7, 11) is -0.239. The van der Waals surface area contributed by atoms with Gasteiger partial charge < -0.3 is 25.4 Å². The monoisotopic (exact) mass is 536 g/mol. The van der Waals surface area contributed by atoms with E-state index in [9.17, 15) is 19.6 Å². The van der Waals surface area contributed by atoms with Gasteiger partial charge in [0.1, 0.15) is 11.7 Å². The van der Waals surface area contributed by atoms with E-state index in [1.807, 2.05) is 109 Å². The molecule has 2 unspecified atom stereocenters. The highest BCUT2D eigenvalue weighted by Gasteiger charge is 2.32. The third kappa shape index (κ3) is 8.05. The minimum absolute atomic E-state index is 0.163. The molecule has 4 aromatic rings. The Morgan fingerprint density at radius 2 is 1.32 bits per heavy atom. The molecule has 0 aliphatic carbocycles. The second-order valence-electron chi connectivity index (χ2n) is 9.61. The molecule has 7 nitrogen and oxygen atoms in total. The van der Waals surface area contributed by atoms with Gasteiger partial charge in [0.25, 0.3) is 0 Å². The molecule has 0 aromatic heterocycles. The van der Waals surface area contributed by atoms with Crippen LogP contribution in [0.3, 0.4) is 0 Å². The molecule has 0 saturated heterocycles. The first-order valence-electron chi connectivity index (χ1n) is 13.2. The van der Waals surface area contributed by atoms with Crippen LogP contribution in [0.2, 0.25) is 0 Å². The van der Waals surface area contributed by atoms with Gasteiger partial charge in [-0.2, -0.15) is 0 Å². The van der Waals surface area contributed by atoms with Crippen LogP contribution in [-0.4, -0.2) is 42.0 Å². The number of carbonyl (C=O) groups excluding carboxylic acids is 2. The average molecular weight is 536 g/mol. The highest BCUT2D eigenvalue weighted by Crippen LogP contribution is 2.20. The minimum Gasteiger partial charge on any atom is -0.497 e. The Kier molecular flexibility index (Phi) is 10.1. The lowest BCUT2D eigenvalue weighted by molar-refractivity contribution is -0.135. The molecule has 4 aromatic carbocycles. The van der Waals surface area contributed by atoms with Crippen molar-refractivity contribution >= 4 is 18.9 Å². The number of hydrogen-bond donors (Lipinski definition) is 4. The van der Waals surface area contributed by atoms with Crippen molar-refractivity contribution in [3.63, 3.8) is 0 Å². The number of ether oxygens (including phenoxy) is 1. The SMILES string of the molecule is COc1cccc(CNC(=O)C(Cc2ccccc2)C(=O)NC(Cc2ccc(-c3ccccc3)cc2)B(O)O)c1. The number of amides is 2. The quantitative estimate of drug-likeness (QED) is 0.164. The average Bonchev–Trinajstić information content (AvgIpc) is 2.99. The molecule has 0 bridgehead atoms. The molecular formula is C32H33BN2O5. The maximum atomic E-state index is 13.4. The van der Waals surface area contributed by atoms with E-state index in [0.29, 0.717) is 5.75 Å². The van der Waals surface area contributed by atoms with E-state index in [0.717, 1.165) is 27.8 Å². The molecular weight excluding hydrogens is 503 g/mol. The molecule has 8 heteroatoms. The first kappa shape index (κ1) is 28.6. The molecule has 0 saturated carbocycles. The molecule has 0 aliphatic rings. The molecule has 0 fully saturated rings. The van der Waals surface area contributed by atoms with Gasteiger partial charge in [-0.1, -0.05) is 97.1 Å². The van der Waals surface area contributed by atoms with Gasteiger partial charge in [-0.3, -0.25) is 9.59 Å². The summed E-state index contributed by atoms with van der Waals surface area (Å²) in [6.45, 7) is 0.217. The fourth-order valence-corrected chi connectivity index (χ4v) is 4.48. The van der Waals surface area contributed by atoms with Crippen LogP contribution in [0.5, 0.6) is 5.75 Å². The van der Waals surface area contributed by atoms with Gasteiger partial charge in [0.05, 0.1) is 13.1 Å².